The summed E-state index contributed by atoms with van der Waals surface area (Å²) in [7, 11) is 4.33. The average Bonchev–Trinajstić information content (AvgIpc) is 3.23. The average molecular weight is 560 g/mol. The molecule has 3 spiro atoms. The molecule has 5 bridgehead atoms. The van der Waals surface area contributed by atoms with Crippen molar-refractivity contribution in [2.24, 2.45) is 33.4 Å². The van der Waals surface area contributed by atoms with E-state index in [0.717, 1.165) is 57.4 Å². The molecular weight excluding hydrogens is 510 g/mol. The van der Waals surface area contributed by atoms with E-state index in [1.807, 2.05) is 0 Å². The zero-order valence-corrected chi connectivity index (χ0v) is 25.1. The van der Waals surface area contributed by atoms with E-state index in [2.05, 4.69) is 38.8 Å². The summed E-state index contributed by atoms with van der Waals surface area (Å²) in [6.45, 7) is 3.69. The molecule has 0 aromatic rings. The van der Waals surface area contributed by atoms with Gasteiger partial charge >= 0.3 is 0 Å². The standard InChI is InChI=1S/C31H49N3O2S2/c1-28-16-19-37-38-30(13-4-2-5-14-30)29(15-17-33-27(32)34-29)12-7-9-24-25-20-23(28)11-10-22(8-3-6-18-35)31(25,28)21-26(24)36/h22-23,35H,2-21H2,1H3,(H3,32,33,34). The number of aliphatic hydroxyl groups is 1. The Morgan fingerprint density at radius 2 is 1.92 bits per heavy atom. The Morgan fingerprint density at radius 3 is 2.71 bits per heavy atom. The van der Waals surface area contributed by atoms with Gasteiger partial charge in [0.15, 0.2) is 11.7 Å². The minimum atomic E-state index is -0.0266. The zero-order valence-electron chi connectivity index (χ0n) is 23.5. The van der Waals surface area contributed by atoms with Crippen LogP contribution < -0.4 is 11.1 Å². The number of allylic oxidation sites excluding steroid dienone is 2. The highest BCUT2D eigenvalue weighted by molar-refractivity contribution is 8.77. The highest BCUT2D eigenvalue weighted by Crippen LogP contribution is 2.74. The smallest absolute Gasteiger partial charge is 0.189 e. The van der Waals surface area contributed by atoms with Crippen LogP contribution in [0.15, 0.2) is 16.1 Å². The molecule has 5 atom stereocenters. The lowest BCUT2D eigenvalue weighted by Crippen LogP contribution is -2.66. The molecule has 5 unspecified atom stereocenters. The van der Waals surface area contributed by atoms with Gasteiger partial charge in [0, 0.05) is 35.5 Å². The maximum absolute atomic E-state index is 13.9. The third kappa shape index (κ3) is 4.14. The van der Waals surface area contributed by atoms with Gasteiger partial charge in [-0.3, -0.25) is 9.79 Å². The Hall–Kier alpha value is -0.660. The van der Waals surface area contributed by atoms with Crippen LogP contribution in [-0.4, -0.2) is 46.0 Å². The van der Waals surface area contributed by atoms with Crippen molar-refractivity contribution in [3.63, 3.8) is 0 Å². The summed E-state index contributed by atoms with van der Waals surface area (Å²) in [6, 6.07) is 0. The lowest BCUT2D eigenvalue weighted by atomic mass is 9.50. The summed E-state index contributed by atoms with van der Waals surface area (Å²) in [4.78, 5) is 18.4. The maximum Gasteiger partial charge on any atom is 0.189 e. The van der Waals surface area contributed by atoms with Gasteiger partial charge in [-0.2, -0.15) is 0 Å². The van der Waals surface area contributed by atoms with Gasteiger partial charge in [-0.15, -0.1) is 0 Å². The minimum Gasteiger partial charge on any atom is -0.396 e. The topological polar surface area (TPSA) is 87.7 Å². The minimum absolute atomic E-state index is 0.0266. The number of nitrogens with zero attached hydrogens (tertiary/aromatic N) is 1. The molecule has 5 nitrogen and oxygen atoms in total. The van der Waals surface area contributed by atoms with Crippen LogP contribution in [0.3, 0.4) is 0 Å². The van der Waals surface area contributed by atoms with E-state index >= 15 is 0 Å². The van der Waals surface area contributed by atoms with Crippen LogP contribution >= 0.6 is 21.6 Å². The van der Waals surface area contributed by atoms with Crippen LogP contribution in [0.5, 0.6) is 0 Å². The largest absolute Gasteiger partial charge is 0.396 e. The quantitative estimate of drug-likeness (QED) is 0.268. The molecule has 6 aliphatic rings. The fraction of sp³-hybridized carbons (Fsp3) is 0.871. The number of carbonyl (C=O) groups excluding carboxylic acids is 1. The van der Waals surface area contributed by atoms with Crippen molar-refractivity contribution in [1.82, 2.24) is 5.32 Å². The zero-order chi connectivity index (χ0) is 26.4. The molecule has 3 fully saturated rings. The van der Waals surface area contributed by atoms with Crippen LogP contribution in [0.1, 0.15) is 116 Å². The van der Waals surface area contributed by atoms with Crippen molar-refractivity contribution in [3.8, 4) is 0 Å². The number of hydrogen-bond donors (Lipinski definition) is 3. The van der Waals surface area contributed by atoms with Crippen LogP contribution in [0.25, 0.3) is 0 Å². The molecule has 0 amide bonds. The van der Waals surface area contributed by atoms with Gasteiger partial charge in [-0.1, -0.05) is 59.8 Å². The van der Waals surface area contributed by atoms with Crippen molar-refractivity contribution >= 4 is 33.3 Å². The van der Waals surface area contributed by atoms with E-state index in [0.29, 0.717) is 17.7 Å². The Balaban J connectivity index is 1.37. The number of nitrogens with one attached hydrogen (secondary N) is 1. The van der Waals surface area contributed by atoms with Crippen molar-refractivity contribution in [1.29, 1.82) is 0 Å². The summed E-state index contributed by atoms with van der Waals surface area (Å²) in [6.07, 6.45) is 19.5. The second-order valence-electron chi connectivity index (χ2n) is 13.6. The number of nitrogens with two attached hydrogens (primary N) is 1. The first-order valence-corrected chi connectivity index (χ1v) is 18.0. The molecule has 0 aromatic carbocycles. The third-order valence-electron chi connectivity index (χ3n) is 12.2. The summed E-state index contributed by atoms with van der Waals surface area (Å²) in [5.74, 6) is 3.59. The van der Waals surface area contributed by atoms with Gasteiger partial charge in [-0.05, 0) is 99.9 Å². The number of unbranched alkanes of at least 4 members (excludes halogenated alkanes) is 1. The molecule has 38 heavy (non-hydrogen) atoms. The first-order valence-electron chi connectivity index (χ1n) is 15.7. The van der Waals surface area contributed by atoms with E-state index in [1.165, 1.54) is 75.5 Å². The van der Waals surface area contributed by atoms with Crippen LogP contribution in [0, 0.1) is 22.7 Å². The summed E-state index contributed by atoms with van der Waals surface area (Å²) < 4.78 is 0.187. The second-order valence-corrected chi connectivity index (χ2v) is 16.4. The Kier molecular flexibility index (Phi) is 7.70. The SMILES string of the molecule is CC12CCSSC3(CCCCC3)C3(CCCC4=C5CC1CCC(CCCCO)C52CC4=O)CCN=C(N)N3. The van der Waals surface area contributed by atoms with Gasteiger partial charge in [0.2, 0.25) is 0 Å². The highest BCUT2D eigenvalue weighted by atomic mass is 33.1. The Bertz CT molecular complexity index is 992. The molecule has 0 radical (unpaired) electrons. The van der Waals surface area contributed by atoms with E-state index in [1.54, 1.807) is 5.57 Å². The molecule has 3 saturated carbocycles. The number of guanidine groups is 1. The van der Waals surface area contributed by atoms with Gasteiger partial charge in [-0.25, -0.2) is 0 Å². The van der Waals surface area contributed by atoms with Crippen molar-refractivity contribution < 1.29 is 9.90 Å². The van der Waals surface area contributed by atoms with E-state index < -0.39 is 0 Å². The fourth-order valence-corrected chi connectivity index (χ4v) is 14.2. The predicted octanol–water partition coefficient (Wildman–Crippen LogP) is 6.55. The molecule has 0 saturated heterocycles. The molecule has 212 valence electrons. The monoisotopic (exact) mass is 559 g/mol. The Labute approximate surface area is 237 Å². The van der Waals surface area contributed by atoms with Gasteiger partial charge in [0.05, 0.1) is 5.54 Å². The highest BCUT2D eigenvalue weighted by Gasteiger charge is 2.68. The van der Waals surface area contributed by atoms with E-state index in [-0.39, 0.29) is 27.7 Å². The molecule has 0 aromatic heterocycles. The first kappa shape index (κ1) is 27.5. The number of rotatable bonds is 4. The van der Waals surface area contributed by atoms with Crippen LogP contribution in [0.4, 0.5) is 0 Å². The van der Waals surface area contributed by atoms with Crippen LogP contribution in [-0.2, 0) is 4.79 Å². The normalized spacial score (nSPS) is 40.9. The number of hydrogen-bond acceptors (Lipinski definition) is 7. The molecule has 7 heteroatoms. The summed E-state index contributed by atoms with van der Waals surface area (Å²) in [5.41, 5.74) is 9.49. The summed E-state index contributed by atoms with van der Waals surface area (Å²) >= 11 is 0. The maximum atomic E-state index is 13.9. The molecular formula is C31H49N3O2S2. The van der Waals surface area contributed by atoms with E-state index in [4.69, 9.17) is 5.73 Å². The number of aliphatic hydroxyl groups excluding tert-OH is 1. The number of Topliss-reactive ketones (excluding diaryl/α,β-unsaturated/α-hetero) is 1. The second kappa shape index (κ2) is 10.6. The number of carbonyl (C=O) groups is 1. The Morgan fingerprint density at radius 1 is 1.08 bits per heavy atom. The van der Waals surface area contributed by atoms with Crippen molar-refractivity contribution in [3.05, 3.63) is 11.1 Å². The molecule has 6 rings (SSSR count). The molecule has 4 aliphatic carbocycles. The van der Waals surface area contributed by atoms with Gasteiger partial charge in [0.25, 0.3) is 0 Å². The number of aliphatic imine (C=N–C) groups is 1. The van der Waals surface area contributed by atoms with Gasteiger partial charge < -0.3 is 16.2 Å². The van der Waals surface area contributed by atoms with Crippen molar-refractivity contribution in [2.75, 3.05) is 18.9 Å². The summed E-state index contributed by atoms with van der Waals surface area (Å²) in [5, 5.41) is 13.3. The van der Waals surface area contributed by atoms with Crippen LogP contribution in [0.2, 0.25) is 0 Å². The third-order valence-corrected chi connectivity index (χ3v) is 15.7. The van der Waals surface area contributed by atoms with Gasteiger partial charge in [0.1, 0.15) is 0 Å². The predicted molar refractivity (Wildman–Crippen MR) is 160 cm³/mol. The molecule has 4 N–H and O–H groups in total. The first-order chi connectivity index (χ1) is 18.4. The number of ketones is 1. The number of fused-ring (bicyclic) bond motifs is 1. The van der Waals surface area contributed by atoms with E-state index in [9.17, 15) is 9.90 Å². The lowest BCUT2D eigenvalue weighted by Gasteiger charge is -2.55. The fourth-order valence-electron chi connectivity index (χ4n) is 10.3. The molecule has 2 aliphatic heterocycles. The lowest BCUT2D eigenvalue weighted by molar-refractivity contribution is -0.121. The van der Waals surface area contributed by atoms with Crippen molar-refractivity contribution in [2.45, 2.75) is 126 Å². The molecule has 2 heterocycles.